The Morgan fingerprint density at radius 1 is 1.03 bits per heavy atom. The van der Waals surface area contributed by atoms with Gasteiger partial charge in [0, 0.05) is 32.2 Å². The summed E-state index contributed by atoms with van der Waals surface area (Å²) in [5.41, 5.74) is 3.07. The van der Waals surface area contributed by atoms with E-state index >= 15 is 0 Å². The van der Waals surface area contributed by atoms with Gasteiger partial charge in [-0.15, -0.1) is 11.3 Å². The van der Waals surface area contributed by atoms with Crippen molar-refractivity contribution < 1.29 is 19.1 Å². The fourth-order valence-electron chi connectivity index (χ4n) is 3.56. The number of hydrogen-bond acceptors (Lipinski definition) is 6. The van der Waals surface area contributed by atoms with Gasteiger partial charge >= 0.3 is 5.97 Å². The number of benzene rings is 2. The topological polar surface area (TPSA) is 59.1 Å². The zero-order valence-corrected chi connectivity index (χ0v) is 18.8. The Morgan fingerprint density at radius 3 is 2.38 bits per heavy atom. The maximum atomic E-state index is 12.8. The summed E-state index contributed by atoms with van der Waals surface area (Å²) < 4.78 is 10.9. The van der Waals surface area contributed by atoms with Crippen LogP contribution in [0.4, 0.5) is 5.00 Å². The standard InChI is InChI=1S/C25H26N2O4S/c1-26(17-19-8-4-2-5-9-19)23(28)18-31-25(29)22-16-21(20-10-6-3-7-11-20)24(32-22)27-12-14-30-15-13-27/h2-11,16H,12-15,17-18H2,1H3. The Kier molecular flexibility index (Phi) is 7.19. The van der Waals surface area contributed by atoms with Crippen molar-refractivity contribution in [2.45, 2.75) is 6.54 Å². The Morgan fingerprint density at radius 2 is 1.69 bits per heavy atom. The molecule has 1 saturated heterocycles. The second-order valence-corrected chi connectivity index (χ2v) is 8.64. The summed E-state index contributed by atoms with van der Waals surface area (Å²) in [6.07, 6.45) is 0. The minimum Gasteiger partial charge on any atom is -0.451 e. The van der Waals surface area contributed by atoms with Crippen LogP contribution in [0, 0.1) is 0 Å². The molecule has 32 heavy (non-hydrogen) atoms. The molecule has 2 aromatic carbocycles. The summed E-state index contributed by atoms with van der Waals surface area (Å²) in [4.78, 5) is 29.5. The normalized spacial score (nSPS) is 13.6. The highest BCUT2D eigenvalue weighted by Gasteiger charge is 2.23. The van der Waals surface area contributed by atoms with Gasteiger partial charge < -0.3 is 19.3 Å². The molecule has 0 radical (unpaired) electrons. The zero-order valence-electron chi connectivity index (χ0n) is 18.0. The average Bonchev–Trinajstić information content (AvgIpc) is 3.30. The first-order chi connectivity index (χ1) is 15.6. The first-order valence-electron chi connectivity index (χ1n) is 10.6. The van der Waals surface area contributed by atoms with Crippen molar-refractivity contribution in [3.63, 3.8) is 0 Å². The lowest BCUT2D eigenvalue weighted by Crippen LogP contribution is -2.35. The van der Waals surface area contributed by atoms with E-state index in [2.05, 4.69) is 4.90 Å². The number of rotatable bonds is 7. The molecule has 3 aromatic rings. The third-order valence-electron chi connectivity index (χ3n) is 5.31. The molecule has 0 saturated carbocycles. The monoisotopic (exact) mass is 450 g/mol. The van der Waals surface area contributed by atoms with E-state index in [9.17, 15) is 9.59 Å². The fraction of sp³-hybridized carbons (Fsp3) is 0.280. The lowest BCUT2D eigenvalue weighted by molar-refractivity contribution is -0.133. The number of likely N-dealkylation sites (N-methyl/N-ethyl adjacent to an activating group) is 1. The molecule has 2 heterocycles. The van der Waals surface area contributed by atoms with Crippen LogP contribution in [0.5, 0.6) is 0 Å². The molecular formula is C25H26N2O4S. The van der Waals surface area contributed by atoms with Crippen molar-refractivity contribution >= 4 is 28.2 Å². The Bertz CT molecular complexity index is 1050. The molecule has 0 atom stereocenters. The number of esters is 1. The second kappa shape index (κ2) is 10.4. The van der Waals surface area contributed by atoms with Gasteiger partial charge in [0.2, 0.25) is 0 Å². The lowest BCUT2D eigenvalue weighted by Gasteiger charge is -2.28. The number of carbonyl (C=O) groups is 2. The van der Waals surface area contributed by atoms with Gasteiger partial charge in [0.25, 0.3) is 5.91 Å². The quantitative estimate of drug-likeness (QED) is 0.508. The van der Waals surface area contributed by atoms with E-state index in [1.807, 2.05) is 66.7 Å². The van der Waals surface area contributed by atoms with Crippen LogP contribution in [0.2, 0.25) is 0 Å². The minimum atomic E-state index is -0.479. The molecule has 0 spiro atoms. The number of ether oxygens (including phenoxy) is 2. The first kappa shape index (κ1) is 22.0. The van der Waals surface area contributed by atoms with E-state index in [-0.39, 0.29) is 12.5 Å². The number of anilines is 1. The number of nitrogens with zero attached hydrogens (tertiary/aromatic N) is 2. The molecule has 4 rings (SSSR count). The molecule has 0 aliphatic carbocycles. The number of amides is 1. The highest BCUT2D eigenvalue weighted by Crippen LogP contribution is 2.39. The Balaban J connectivity index is 1.45. The van der Waals surface area contributed by atoms with Gasteiger partial charge in [-0.1, -0.05) is 60.7 Å². The molecule has 1 aliphatic heterocycles. The molecule has 7 heteroatoms. The zero-order chi connectivity index (χ0) is 22.3. The SMILES string of the molecule is CN(Cc1ccccc1)C(=O)COC(=O)c1cc(-c2ccccc2)c(N2CCOCC2)s1. The van der Waals surface area contributed by atoms with Crippen LogP contribution >= 0.6 is 11.3 Å². The summed E-state index contributed by atoms with van der Waals surface area (Å²) in [6.45, 7) is 3.06. The highest BCUT2D eigenvalue weighted by atomic mass is 32.1. The minimum absolute atomic E-state index is 0.240. The van der Waals surface area contributed by atoms with Gasteiger partial charge in [-0.05, 0) is 17.2 Å². The van der Waals surface area contributed by atoms with Crippen LogP contribution in [-0.2, 0) is 20.8 Å². The number of thiophene rings is 1. The van der Waals surface area contributed by atoms with Crippen LogP contribution in [-0.4, -0.2) is 56.7 Å². The molecule has 0 unspecified atom stereocenters. The van der Waals surface area contributed by atoms with Crippen LogP contribution in [0.25, 0.3) is 11.1 Å². The summed E-state index contributed by atoms with van der Waals surface area (Å²) in [5.74, 6) is -0.719. The number of hydrogen-bond donors (Lipinski definition) is 0. The molecule has 1 amide bonds. The third kappa shape index (κ3) is 5.36. The predicted molar refractivity (Wildman–Crippen MR) is 126 cm³/mol. The third-order valence-corrected chi connectivity index (χ3v) is 6.49. The van der Waals surface area contributed by atoms with Gasteiger partial charge in [0.1, 0.15) is 4.88 Å². The van der Waals surface area contributed by atoms with Crippen LogP contribution in [0.1, 0.15) is 15.2 Å². The van der Waals surface area contributed by atoms with E-state index < -0.39 is 5.97 Å². The fourth-order valence-corrected chi connectivity index (χ4v) is 4.69. The first-order valence-corrected chi connectivity index (χ1v) is 11.4. The molecule has 1 aromatic heterocycles. The van der Waals surface area contributed by atoms with Gasteiger partial charge in [-0.3, -0.25) is 4.79 Å². The number of morpholine rings is 1. The van der Waals surface area contributed by atoms with Crippen molar-refractivity contribution in [3.05, 3.63) is 77.2 Å². The molecule has 1 fully saturated rings. The summed E-state index contributed by atoms with van der Waals surface area (Å²) in [6, 6.07) is 21.6. The van der Waals surface area contributed by atoms with Crippen molar-refractivity contribution in [3.8, 4) is 11.1 Å². The maximum absolute atomic E-state index is 12.8. The van der Waals surface area contributed by atoms with E-state index in [1.54, 1.807) is 11.9 Å². The van der Waals surface area contributed by atoms with Gasteiger partial charge in [0.15, 0.2) is 6.61 Å². The van der Waals surface area contributed by atoms with E-state index in [0.717, 1.165) is 34.8 Å². The van der Waals surface area contributed by atoms with Gasteiger partial charge in [0.05, 0.1) is 18.2 Å². The van der Waals surface area contributed by atoms with Crippen molar-refractivity contribution in [2.75, 3.05) is 44.9 Å². The van der Waals surface area contributed by atoms with Crippen LogP contribution < -0.4 is 4.90 Å². The number of carbonyl (C=O) groups excluding carboxylic acids is 2. The van der Waals surface area contributed by atoms with E-state index in [0.29, 0.717) is 24.6 Å². The van der Waals surface area contributed by atoms with Gasteiger partial charge in [-0.25, -0.2) is 4.79 Å². The largest absolute Gasteiger partial charge is 0.451 e. The van der Waals surface area contributed by atoms with E-state index in [1.165, 1.54) is 11.3 Å². The Labute approximate surface area is 192 Å². The molecule has 1 aliphatic rings. The van der Waals surface area contributed by atoms with Crippen molar-refractivity contribution in [2.24, 2.45) is 0 Å². The highest BCUT2D eigenvalue weighted by molar-refractivity contribution is 7.18. The molecular weight excluding hydrogens is 424 g/mol. The van der Waals surface area contributed by atoms with Crippen molar-refractivity contribution in [1.82, 2.24) is 4.90 Å². The summed E-state index contributed by atoms with van der Waals surface area (Å²) >= 11 is 1.40. The van der Waals surface area contributed by atoms with Crippen LogP contribution in [0.3, 0.4) is 0 Å². The smallest absolute Gasteiger partial charge is 0.348 e. The average molecular weight is 451 g/mol. The molecule has 6 nitrogen and oxygen atoms in total. The second-order valence-electron chi connectivity index (χ2n) is 7.61. The Hall–Kier alpha value is -3.16. The molecule has 0 N–H and O–H groups in total. The molecule has 166 valence electrons. The van der Waals surface area contributed by atoms with Crippen LogP contribution in [0.15, 0.2) is 66.7 Å². The lowest BCUT2D eigenvalue weighted by atomic mass is 10.1. The summed E-state index contributed by atoms with van der Waals surface area (Å²) in [5, 5.41) is 1.03. The van der Waals surface area contributed by atoms with Crippen molar-refractivity contribution in [1.29, 1.82) is 0 Å². The predicted octanol–water partition coefficient (Wildman–Crippen LogP) is 4.07. The molecule has 0 bridgehead atoms. The summed E-state index contributed by atoms with van der Waals surface area (Å²) in [7, 11) is 1.71. The van der Waals surface area contributed by atoms with Gasteiger partial charge in [-0.2, -0.15) is 0 Å². The maximum Gasteiger partial charge on any atom is 0.348 e. The van der Waals surface area contributed by atoms with E-state index in [4.69, 9.17) is 9.47 Å².